The molecular weight excluding hydrogens is 272 g/mol. The first-order chi connectivity index (χ1) is 10.6. The van der Waals surface area contributed by atoms with E-state index >= 15 is 0 Å². The lowest BCUT2D eigenvalue weighted by atomic mass is 9.80. The van der Waals surface area contributed by atoms with Crippen molar-refractivity contribution < 1.29 is 0 Å². The first-order valence-electron chi connectivity index (χ1n) is 9.48. The molecule has 5 unspecified atom stereocenters. The zero-order chi connectivity index (χ0) is 15.3. The Morgan fingerprint density at radius 3 is 2.55 bits per heavy atom. The number of hydrogen-bond acceptors (Lipinski definition) is 4. The Morgan fingerprint density at radius 2 is 1.77 bits per heavy atom. The molecule has 0 aromatic rings. The van der Waals surface area contributed by atoms with E-state index in [0.29, 0.717) is 0 Å². The van der Waals surface area contributed by atoms with Gasteiger partial charge in [0.1, 0.15) is 0 Å². The molecule has 0 aromatic carbocycles. The number of piperidine rings is 2. The molecule has 4 aliphatic rings. The smallest absolute Gasteiger partial charge is 0.0266 e. The molecule has 4 aliphatic heterocycles. The lowest BCUT2D eigenvalue weighted by Crippen LogP contribution is -2.66. The topological polar surface area (TPSA) is 13.0 Å². The molecule has 4 saturated heterocycles. The van der Waals surface area contributed by atoms with Gasteiger partial charge in [0.2, 0.25) is 0 Å². The van der Waals surface area contributed by atoms with Gasteiger partial charge < -0.3 is 14.7 Å². The van der Waals surface area contributed by atoms with Crippen molar-refractivity contribution in [1.82, 2.24) is 19.6 Å². The maximum Gasteiger partial charge on any atom is 0.0266 e. The maximum atomic E-state index is 2.80. The van der Waals surface area contributed by atoms with Crippen LogP contribution in [0.4, 0.5) is 0 Å². The Hall–Kier alpha value is -0.160. The van der Waals surface area contributed by atoms with E-state index in [0.717, 1.165) is 30.0 Å². The third-order valence-corrected chi connectivity index (χ3v) is 7.09. The Labute approximate surface area is 136 Å². The van der Waals surface area contributed by atoms with Gasteiger partial charge in [0.15, 0.2) is 0 Å². The number of rotatable bonds is 4. The second-order valence-electron chi connectivity index (χ2n) is 8.57. The van der Waals surface area contributed by atoms with Crippen LogP contribution in [0.25, 0.3) is 0 Å². The van der Waals surface area contributed by atoms with Crippen molar-refractivity contribution in [1.29, 1.82) is 0 Å². The van der Waals surface area contributed by atoms with Crippen LogP contribution in [-0.2, 0) is 0 Å². The number of likely N-dealkylation sites (tertiary alicyclic amines) is 4. The van der Waals surface area contributed by atoms with Crippen LogP contribution in [-0.4, -0.2) is 97.6 Å². The van der Waals surface area contributed by atoms with E-state index in [1.165, 1.54) is 65.1 Å². The fraction of sp³-hybridized carbons (Fsp3) is 1.00. The quantitative estimate of drug-likeness (QED) is 0.769. The zero-order valence-electron chi connectivity index (χ0n) is 14.7. The Kier molecular flexibility index (Phi) is 4.22. The number of nitrogens with zero attached hydrogens (tertiary/aromatic N) is 4. The van der Waals surface area contributed by atoms with Crippen LogP contribution in [0.2, 0.25) is 0 Å². The molecule has 4 heteroatoms. The summed E-state index contributed by atoms with van der Waals surface area (Å²) in [6.45, 7) is 11.8. The van der Waals surface area contributed by atoms with Gasteiger partial charge in [-0.25, -0.2) is 0 Å². The van der Waals surface area contributed by atoms with E-state index in [4.69, 9.17) is 0 Å². The summed E-state index contributed by atoms with van der Waals surface area (Å²) in [5, 5.41) is 0. The highest BCUT2D eigenvalue weighted by Gasteiger charge is 2.44. The van der Waals surface area contributed by atoms with Crippen LogP contribution in [0.1, 0.15) is 26.2 Å². The summed E-state index contributed by atoms with van der Waals surface area (Å²) in [6, 6.07) is 2.54. The molecule has 22 heavy (non-hydrogen) atoms. The summed E-state index contributed by atoms with van der Waals surface area (Å²) in [7, 11) is 4.58. The summed E-state index contributed by atoms with van der Waals surface area (Å²) >= 11 is 0. The lowest BCUT2D eigenvalue weighted by molar-refractivity contribution is -0.0676. The molecule has 4 fully saturated rings. The summed E-state index contributed by atoms with van der Waals surface area (Å²) in [5.41, 5.74) is 0. The molecule has 0 bridgehead atoms. The normalized spacial score (nSPS) is 42.1. The molecule has 5 atom stereocenters. The molecule has 0 amide bonds. The van der Waals surface area contributed by atoms with Gasteiger partial charge in [-0.1, -0.05) is 0 Å². The van der Waals surface area contributed by atoms with Crippen molar-refractivity contribution >= 4 is 0 Å². The highest BCUT2D eigenvalue weighted by Crippen LogP contribution is 2.35. The Morgan fingerprint density at radius 1 is 0.909 bits per heavy atom. The number of likely N-dealkylation sites (N-methyl/N-ethyl adjacent to an activating group) is 1. The second kappa shape index (κ2) is 6.04. The van der Waals surface area contributed by atoms with Gasteiger partial charge in [-0.05, 0) is 71.8 Å². The van der Waals surface area contributed by atoms with Crippen LogP contribution in [0, 0.1) is 11.8 Å². The second-order valence-corrected chi connectivity index (χ2v) is 8.57. The van der Waals surface area contributed by atoms with Gasteiger partial charge in [0, 0.05) is 44.3 Å². The van der Waals surface area contributed by atoms with E-state index in [1.54, 1.807) is 0 Å². The van der Waals surface area contributed by atoms with Crippen LogP contribution in [0.3, 0.4) is 0 Å². The zero-order valence-corrected chi connectivity index (χ0v) is 14.7. The average molecular weight is 306 g/mol. The first kappa shape index (κ1) is 15.4. The molecular formula is C18H34N4. The monoisotopic (exact) mass is 306 g/mol. The van der Waals surface area contributed by atoms with Crippen LogP contribution >= 0.6 is 0 Å². The largest absolute Gasteiger partial charge is 0.305 e. The molecule has 0 radical (unpaired) electrons. The molecule has 0 aliphatic carbocycles. The lowest BCUT2D eigenvalue weighted by Gasteiger charge is -2.56. The van der Waals surface area contributed by atoms with Gasteiger partial charge >= 0.3 is 0 Å². The maximum absolute atomic E-state index is 2.80. The minimum atomic E-state index is 0.773. The van der Waals surface area contributed by atoms with E-state index in [9.17, 15) is 0 Å². The minimum Gasteiger partial charge on any atom is -0.305 e. The number of fused-ring (bicyclic) bond motifs is 2. The van der Waals surface area contributed by atoms with Crippen molar-refractivity contribution in [2.75, 3.05) is 59.9 Å². The third kappa shape index (κ3) is 2.72. The molecule has 4 heterocycles. The Bertz CT molecular complexity index is 401. The van der Waals surface area contributed by atoms with Crippen molar-refractivity contribution in [3.05, 3.63) is 0 Å². The van der Waals surface area contributed by atoms with E-state index in [1.807, 2.05) is 0 Å². The minimum absolute atomic E-state index is 0.773. The molecule has 4 nitrogen and oxygen atoms in total. The van der Waals surface area contributed by atoms with Gasteiger partial charge in [-0.2, -0.15) is 0 Å². The summed E-state index contributed by atoms with van der Waals surface area (Å²) < 4.78 is 0. The molecule has 0 aromatic heterocycles. The predicted octanol–water partition coefficient (Wildman–Crippen LogP) is 1.04. The van der Waals surface area contributed by atoms with Crippen molar-refractivity contribution in [3.63, 3.8) is 0 Å². The standard InChI is InChI=1S/C18H34N4/c1-14(22-12-15-5-7-19(2)13-18(15)22)4-8-21-9-6-17-16(11-21)10-20(17)3/h14-18H,4-13H2,1-3H3. The van der Waals surface area contributed by atoms with Crippen molar-refractivity contribution in [3.8, 4) is 0 Å². The summed E-state index contributed by atoms with van der Waals surface area (Å²) in [6.07, 6.45) is 4.18. The van der Waals surface area contributed by atoms with Crippen molar-refractivity contribution in [2.45, 2.75) is 44.3 Å². The fourth-order valence-corrected chi connectivity index (χ4v) is 5.46. The average Bonchev–Trinajstić information content (AvgIpc) is 2.47. The highest BCUT2D eigenvalue weighted by molar-refractivity contribution is 4.99. The van der Waals surface area contributed by atoms with Crippen LogP contribution in [0.5, 0.6) is 0 Å². The fourth-order valence-electron chi connectivity index (χ4n) is 5.46. The van der Waals surface area contributed by atoms with Gasteiger partial charge in [-0.15, -0.1) is 0 Å². The van der Waals surface area contributed by atoms with Crippen LogP contribution < -0.4 is 0 Å². The van der Waals surface area contributed by atoms with E-state index < -0.39 is 0 Å². The molecule has 0 N–H and O–H groups in total. The Balaban J connectivity index is 1.21. The first-order valence-corrected chi connectivity index (χ1v) is 9.48. The van der Waals surface area contributed by atoms with Crippen molar-refractivity contribution in [2.24, 2.45) is 11.8 Å². The van der Waals surface area contributed by atoms with E-state index in [2.05, 4.69) is 40.6 Å². The van der Waals surface area contributed by atoms with Gasteiger partial charge in [0.05, 0.1) is 0 Å². The number of hydrogen-bond donors (Lipinski definition) is 0. The third-order valence-electron chi connectivity index (χ3n) is 7.09. The van der Waals surface area contributed by atoms with E-state index in [-0.39, 0.29) is 0 Å². The molecule has 0 saturated carbocycles. The van der Waals surface area contributed by atoms with Gasteiger partial charge in [0.25, 0.3) is 0 Å². The van der Waals surface area contributed by atoms with Gasteiger partial charge in [-0.3, -0.25) is 4.90 Å². The molecule has 0 spiro atoms. The van der Waals surface area contributed by atoms with Crippen LogP contribution in [0.15, 0.2) is 0 Å². The summed E-state index contributed by atoms with van der Waals surface area (Å²) in [5.74, 6) is 1.97. The predicted molar refractivity (Wildman–Crippen MR) is 91.1 cm³/mol. The molecule has 126 valence electrons. The SMILES string of the molecule is CC(CCN1CCC2C(C1)CN2C)N1CC2CCN(C)CC21. The highest BCUT2D eigenvalue weighted by atomic mass is 15.3. The summed E-state index contributed by atoms with van der Waals surface area (Å²) in [4.78, 5) is 10.6. The molecule has 4 rings (SSSR count).